The monoisotopic (exact) mass is 1640 g/mol. The van der Waals surface area contributed by atoms with Gasteiger partial charge < -0.3 is 66.9 Å². The summed E-state index contributed by atoms with van der Waals surface area (Å²) in [5.74, 6) is 1.71. The van der Waals surface area contributed by atoms with Crippen molar-refractivity contribution in [2.75, 3.05) is 202 Å². The summed E-state index contributed by atoms with van der Waals surface area (Å²) in [6.07, 6.45) is 17.2. The Morgan fingerprint density at radius 3 is 0.615 bits per heavy atom. The maximum absolute atomic E-state index is 13.4. The minimum absolute atomic E-state index is 0.0306. The van der Waals surface area contributed by atoms with Crippen LogP contribution in [0.5, 0.6) is 0 Å². The quantitative estimate of drug-likeness (QED) is 0.0236. The van der Waals surface area contributed by atoms with E-state index in [1.54, 1.807) is 58.8 Å². The minimum atomic E-state index is -0.553. The van der Waals surface area contributed by atoms with Crippen LogP contribution in [0.4, 0.5) is 0 Å². The van der Waals surface area contributed by atoms with Gasteiger partial charge in [0, 0.05) is 114 Å². The summed E-state index contributed by atoms with van der Waals surface area (Å²) < 4.78 is 54.8. The SMILES string of the molecule is CCCCCSCC(C)C(=O)OCCOC(=O)CCN(CCC=O)CCN(CCN(CCC(=O)OCCOC(=O)C(C)CSCCCCC)CCC(=O)OCCOC(=O)C(C)CSCCCCC)CCN(CCC(=O)OCCOC(=O)C(C)CSCCCCC)CCC(=O)OCCOC(=O)C(C)CSCCCCC. The van der Waals surface area contributed by atoms with E-state index in [0.717, 1.165) is 131 Å². The summed E-state index contributed by atoms with van der Waals surface area (Å²) in [6.45, 7) is 21.6. The summed E-state index contributed by atoms with van der Waals surface area (Å²) in [5, 5.41) is 0. The number of nitrogens with zero attached hydrogens (tertiary/aromatic N) is 4. The first-order valence-electron chi connectivity index (χ1n) is 40.5. The topological polar surface area (TPSA) is 293 Å². The van der Waals surface area contributed by atoms with E-state index in [9.17, 15) is 52.7 Å². The van der Waals surface area contributed by atoms with Crippen LogP contribution in [0, 0.1) is 29.6 Å². The van der Waals surface area contributed by atoms with Crippen molar-refractivity contribution >= 4 is 125 Å². The highest BCUT2D eigenvalue weighted by Gasteiger charge is 2.23. The Bertz CT molecular complexity index is 2160. The van der Waals surface area contributed by atoms with E-state index >= 15 is 0 Å². The van der Waals surface area contributed by atoms with Gasteiger partial charge in [-0.25, -0.2) is 0 Å². The zero-order valence-electron chi connectivity index (χ0n) is 68.3. The number of hydrogen-bond acceptors (Lipinski definition) is 30. The van der Waals surface area contributed by atoms with Crippen LogP contribution >= 0.6 is 58.8 Å². The second kappa shape index (κ2) is 74.1. The first-order valence-corrected chi connectivity index (χ1v) is 46.2. The molecule has 0 aromatic heterocycles. The normalized spacial score (nSPS) is 12.8. The molecule has 634 valence electrons. The third kappa shape index (κ3) is 64.0. The number of aldehydes is 1. The molecule has 0 amide bonds. The fourth-order valence-electron chi connectivity index (χ4n) is 10.1. The fraction of sp³-hybridized carbons (Fsp3) is 0.861. The lowest BCUT2D eigenvalue weighted by Gasteiger charge is -2.32. The summed E-state index contributed by atoms with van der Waals surface area (Å²) in [5.41, 5.74) is 0. The Labute approximate surface area is 676 Å². The van der Waals surface area contributed by atoms with Gasteiger partial charge in [0.25, 0.3) is 0 Å². The molecule has 0 aromatic rings. The lowest BCUT2D eigenvalue weighted by molar-refractivity contribution is -0.154. The zero-order chi connectivity index (χ0) is 80.8. The van der Waals surface area contributed by atoms with Crippen molar-refractivity contribution in [1.82, 2.24) is 19.6 Å². The van der Waals surface area contributed by atoms with Gasteiger partial charge >= 0.3 is 59.7 Å². The predicted octanol–water partition coefficient (Wildman–Crippen LogP) is 12.0. The van der Waals surface area contributed by atoms with Crippen LogP contribution in [0.1, 0.15) is 204 Å². The molecular weight excluding hydrogens is 1500 g/mol. The summed E-state index contributed by atoms with van der Waals surface area (Å²) >= 11 is 8.53. The van der Waals surface area contributed by atoms with Gasteiger partial charge in [-0.15, -0.1) is 0 Å². The van der Waals surface area contributed by atoms with Crippen LogP contribution < -0.4 is 0 Å². The van der Waals surface area contributed by atoms with Crippen LogP contribution in [-0.2, 0) is 100 Å². The van der Waals surface area contributed by atoms with E-state index in [0.29, 0.717) is 74.6 Å². The van der Waals surface area contributed by atoms with Crippen molar-refractivity contribution in [3.63, 3.8) is 0 Å². The number of thioether (sulfide) groups is 5. The second-order valence-corrected chi connectivity index (χ2v) is 33.2. The van der Waals surface area contributed by atoms with Gasteiger partial charge in [-0.2, -0.15) is 58.8 Å². The number of carbonyl (C=O) groups is 11. The number of carbonyl (C=O) groups excluding carboxylic acids is 11. The first kappa shape index (κ1) is 105. The van der Waals surface area contributed by atoms with E-state index in [2.05, 4.69) is 39.5 Å². The van der Waals surface area contributed by atoms with Crippen molar-refractivity contribution in [2.24, 2.45) is 29.6 Å². The molecule has 0 spiro atoms. The van der Waals surface area contributed by atoms with Crippen molar-refractivity contribution in [3.05, 3.63) is 0 Å². The smallest absolute Gasteiger partial charge is 0.309 e. The number of ether oxygens (including phenoxy) is 10. The molecular formula is C79H142N4O21S5. The Hall–Kier alpha value is -4.04. The first-order chi connectivity index (χ1) is 52.6. The Kier molecular flexibility index (Phi) is 71.3. The van der Waals surface area contributed by atoms with E-state index in [4.69, 9.17) is 47.4 Å². The molecule has 0 saturated carbocycles. The van der Waals surface area contributed by atoms with E-state index in [-0.39, 0.29) is 197 Å². The van der Waals surface area contributed by atoms with Gasteiger partial charge in [-0.3, -0.25) is 52.8 Å². The van der Waals surface area contributed by atoms with Crippen LogP contribution in [-0.4, -0.2) is 288 Å². The highest BCUT2D eigenvalue weighted by Crippen LogP contribution is 2.18. The molecule has 0 bridgehead atoms. The molecule has 0 radical (unpaired) electrons. The van der Waals surface area contributed by atoms with Gasteiger partial charge in [-0.05, 0) is 60.9 Å². The molecule has 0 N–H and O–H groups in total. The molecule has 0 aliphatic heterocycles. The van der Waals surface area contributed by atoms with Gasteiger partial charge in [0.15, 0.2) is 0 Å². The van der Waals surface area contributed by atoms with E-state index in [1.165, 1.54) is 0 Å². The molecule has 30 heteroatoms. The number of esters is 10. The summed E-state index contributed by atoms with van der Waals surface area (Å²) in [7, 11) is 0. The molecule has 109 heavy (non-hydrogen) atoms. The standard InChI is InChI=1S/C79H142N4O21S5/c1-11-16-21-55-105-60-65(6)75(90)100-50-45-95-70(85)27-33-80(32-26-44-84)38-41-83(42-39-81(34-28-71(86)96-46-51-101-76(91)66(7)61-106-56-22-17-12-2)35-29-72(87)97-47-52-102-77(92)67(8)62-107-57-23-18-13-3)43-40-82(36-30-73(88)98-48-53-103-78(93)68(9)63-108-58-24-19-14-4)37-31-74(89)99-49-54-104-79(94)69(10)64-109-59-25-20-15-5/h44,65-69H,11-43,45-64H2,1-10H3. The zero-order valence-corrected chi connectivity index (χ0v) is 72.4. The van der Waals surface area contributed by atoms with Crippen LogP contribution in [0.3, 0.4) is 0 Å². The molecule has 0 aliphatic carbocycles. The molecule has 5 atom stereocenters. The maximum Gasteiger partial charge on any atom is 0.309 e. The lowest BCUT2D eigenvalue weighted by atomic mass is 10.2. The Morgan fingerprint density at radius 1 is 0.257 bits per heavy atom. The van der Waals surface area contributed by atoms with Crippen molar-refractivity contribution < 1.29 is 100 Å². The van der Waals surface area contributed by atoms with Gasteiger partial charge in [0.2, 0.25) is 0 Å². The highest BCUT2D eigenvalue weighted by molar-refractivity contribution is 8.00. The molecule has 0 heterocycles. The Morgan fingerprint density at radius 2 is 0.431 bits per heavy atom. The van der Waals surface area contributed by atoms with E-state index in [1.807, 2.05) is 49.3 Å². The second-order valence-electron chi connectivity index (χ2n) is 27.4. The largest absolute Gasteiger partial charge is 0.462 e. The number of rotatable bonds is 77. The Balaban J connectivity index is 6.88. The van der Waals surface area contributed by atoms with Crippen molar-refractivity contribution in [2.45, 2.75) is 204 Å². The highest BCUT2D eigenvalue weighted by atomic mass is 32.2. The summed E-state index contributed by atoms with van der Waals surface area (Å²) in [4.78, 5) is 150. The third-order valence-electron chi connectivity index (χ3n) is 17.2. The predicted molar refractivity (Wildman–Crippen MR) is 439 cm³/mol. The van der Waals surface area contributed by atoms with Crippen molar-refractivity contribution in [3.8, 4) is 0 Å². The van der Waals surface area contributed by atoms with Gasteiger partial charge in [0.05, 0.1) is 61.7 Å². The lowest BCUT2D eigenvalue weighted by Crippen LogP contribution is -2.44. The summed E-state index contributed by atoms with van der Waals surface area (Å²) in [6, 6.07) is 0. The number of hydrogen-bond donors (Lipinski definition) is 0. The van der Waals surface area contributed by atoms with Crippen LogP contribution in [0.15, 0.2) is 0 Å². The minimum Gasteiger partial charge on any atom is -0.462 e. The number of unbranched alkanes of at least 4 members (excludes halogenated alkanes) is 10. The molecule has 0 saturated heterocycles. The molecule has 0 rings (SSSR count). The molecule has 0 aromatic carbocycles. The molecule has 25 nitrogen and oxygen atoms in total. The van der Waals surface area contributed by atoms with E-state index < -0.39 is 29.8 Å². The average Bonchev–Trinajstić information content (AvgIpc) is 0.817. The van der Waals surface area contributed by atoms with Crippen molar-refractivity contribution in [1.29, 1.82) is 0 Å². The molecule has 0 aliphatic rings. The van der Waals surface area contributed by atoms with Crippen LogP contribution in [0.2, 0.25) is 0 Å². The molecule has 5 unspecified atom stereocenters. The fourth-order valence-corrected chi connectivity index (χ4v) is 15.5. The van der Waals surface area contributed by atoms with Crippen LogP contribution in [0.25, 0.3) is 0 Å². The maximum atomic E-state index is 13.4. The average molecular weight is 1640 g/mol. The van der Waals surface area contributed by atoms with Gasteiger partial charge in [-0.1, -0.05) is 133 Å². The van der Waals surface area contributed by atoms with Gasteiger partial charge in [0.1, 0.15) is 72.4 Å². The molecule has 0 fully saturated rings. The third-order valence-corrected chi connectivity index (χ3v) is 23.8.